The molecule has 0 spiro atoms. The van der Waals surface area contributed by atoms with Gasteiger partial charge in [0.15, 0.2) is 5.82 Å². The van der Waals surface area contributed by atoms with E-state index in [1.807, 2.05) is 29.2 Å². The first-order valence-corrected chi connectivity index (χ1v) is 11.7. The highest BCUT2D eigenvalue weighted by atomic mass is 19.1. The minimum Gasteiger partial charge on any atom is -0.481 e. The molecule has 35 heavy (non-hydrogen) atoms. The van der Waals surface area contributed by atoms with Crippen LogP contribution in [0.5, 0.6) is 5.88 Å². The molecule has 0 radical (unpaired) electrons. The van der Waals surface area contributed by atoms with E-state index in [9.17, 15) is 9.18 Å². The largest absolute Gasteiger partial charge is 0.481 e. The first kappa shape index (κ1) is 21.5. The number of pyridine rings is 2. The van der Waals surface area contributed by atoms with Crippen LogP contribution in [0.1, 0.15) is 12.8 Å². The number of aromatic nitrogens is 4. The van der Waals surface area contributed by atoms with Gasteiger partial charge < -0.3 is 14.5 Å². The fourth-order valence-corrected chi connectivity index (χ4v) is 5.00. The van der Waals surface area contributed by atoms with Crippen molar-refractivity contribution in [2.24, 2.45) is 0 Å². The lowest BCUT2D eigenvalue weighted by Gasteiger charge is -2.35. The van der Waals surface area contributed by atoms with Crippen molar-refractivity contribution in [3.05, 3.63) is 42.9 Å². The van der Waals surface area contributed by atoms with Crippen LogP contribution in [0.15, 0.2) is 42.9 Å². The van der Waals surface area contributed by atoms with Gasteiger partial charge in [0.25, 0.3) is 0 Å². The van der Waals surface area contributed by atoms with E-state index in [-0.39, 0.29) is 12.1 Å². The van der Waals surface area contributed by atoms with Crippen molar-refractivity contribution in [2.45, 2.75) is 25.1 Å². The highest BCUT2D eigenvalue weighted by molar-refractivity contribution is 6.04. The Labute approximate surface area is 201 Å². The third-order valence-corrected chi connectivity index (χ3v) is 6.75. The Morgan fingerprint density at radius 2 is 1.97 bits per heavy atom. The van der Waals surface area contributed by atoms with Gasteiger partial charge in [-0.25, -0.2) is 29.1 Å². The van der Waals surface area contributed by atoms with Crippen LogP contribution < -0.4 is 24.8 Å². The fourth-order valence-electron chi connectivity index (χ4n) is 5.00. The second kappa shape index (κ2) is 8.64. The van der Waals surface area contributed by atoms with E-state index >= 15 is 0 Å². The molecule has 0 saturated carbocycles. The third kappa shape index (κ3) is 3.96. The number of nitrogens with one attached hydrogen (secondary N) is 1. The number of methoxy groups -OCH3 is 1. The standard InChI is InChI=1S/C24H25FN8O2/c1-35-22-11-20(27-14-28-22)30-24(34)33-17-6-9-31(13-17)19-3-2-18(29-23(19)33)15-4-7-26-21(10-15)32-8-5-16(25)12-32/h2-4,7,10-11,14,16-17H,5-6,8-9,12-13H2,1H3,(H,27,28,30,34)/t16-,17-/m0/s1. The summed E-state index contributed by atoms with van der Waals surface area (Å²) >= 11 is 0. The summed E-state index contributed by atoms with van der Waals surface area (Å²) in [6.07, 6.45) is 3.61. The van der Waals surface area contributed by atoms with E-state index in [0.29, 0.717) is 37.0 Å². The number of nitrogens with zero attached hydrogens (tertiary/aromatic N) is 7. The average Bonchev–Trinajstić information content (AvgIpc) is 3.51. The minimum atomic E-state index is -0.825. The summed E-state index contributed by atoms with van der Waals surface area (Å²) in [7, 11) is 1.51. The summed E-state index contributed by atoms with van der Waals surface area (Å²) in [5, 5.41) is 2.86. The number of carbonyl (C=O) groups is 1. The number of amides is 2. The predicted molar refractivity (Wildman–Crippen MR) is 130 cm³/mol. The second-order valence-electron chi connectivity index (χ2n) is 8.91. The molecular weight excluding hydrogens is 451 g/mol. The zero-order valence-corrected chi connectivity index (χ0v) is 19.3. The number of rotatable bonds is 4. The Hall–Kier alpha value is -4.02. The molecule has 3 aliphatic rings. The Kier molecular flexibility index (Phi) is 5.31. The van der Waals surface area contributed by atoms with Crippen LogP contribution >= 0.6 is 0 Å². The van der Waals surface area contributed by atoms with Crippen LogP contribution in [0.2, 0.25) is 0 Å². The van der Waals surface area contributed by atoms with Crippen LogP contribution in [-0.4, -0.2) is 71.5 Å². The SMILES string of the molecule is COc1cc(NC(=O)N2c3nc(-c4ccnc(N5CC[C@H](F)C5)c4)ccc3N3CC[C@H]2C3)ncn1. The molecule has 2 bridgehead atoms. The van der Waals surface area contributed by atoms with Gasteiger partial charge in [0, 0.05) is 37.5 Å². The minimum absolute atomic E-state index is 0.00747. The number of carbonyl (C=O) groups excluding carboxylic acids is 1. The summed E-state index contributed by atoms with van der Waals surface area (Å²) in [6, 6.07) is 9.08. The highest BCUT2D eigenvalue weighted by Gasteiger charge is 2.40. The molecule has 3 aromatic rings. The van der Waals surface area contributed by atoms with Gasteiger partial charge in [-0.1, -0.05) is 0 Å². The number of ether oxygens (including phenoxy) is 1. The van der Waals surface area contributed by atoms with E-state index in [0.717, 1.165) is 42.3 Å². The lowest BCUT2D eigenvalue weighted by Crippen LogP contribution is -2.48. The van der Waals surface area contributed by atoms with Crippen molar-refractivity contribution in [1.82, 2.24) is 19.9 Å². The van der Waals surface area contributed by atoms with Crippen molar-refractivity contribution in [3.63, 3.8) is 0 Å². The molecule has 0 aliphatic carbocycles. The molecule has 10 nitrogen and oxygen atoms in total. The van der Waals surface area contributed by atoms with Gasteiger partial charge in [-0.05, 0) is 37.1 Å². The maximum Gasteiger partial charge on any atom is 0.329 e. The molecule has 3 aliphatic heterocycles. The number of hydrogen-bond acceptors (Lipinski definition) is 8. The lowest BCUT2D eigenvalue weighted by molar-refractivity contribution is 0.254. The fraction of sp³-hybridized carbons (Fsp3) is 0.375. The van der Waals surface area contributed by atoms with Gasteiger partial charge in [-0.3, -0.25) is 10.2 Å². The van der Waals surface area contributed by atoms with E-state index in [1.54, 1.807) is 17.2 Å². The molecule has 0 unspecified atom stereocenters. The number of hydrogen-bond donors (Lipinski definition) is 1. The highest BCUT2D eigenvalue weighted by Crippen LogP contribution is 2.40. The summed E-state index contributed by atoms with van der Waals surface area (Å²) in [5.74, 6) is 2.07. The van der Waals surface area contributed by atoms with Gasteiger partial charge in [-0.2, -0.15) is 0 Å². The van der Waals surface area contributed by atoms with Crippen molar-refractivity contribution in [2.75, 3.05) is 53.3 Å². The maximum absolute atomic E-state index is 13.7. The van der Waals surface area contributed by atoms with E-state index in [2.05, 4.69) is 25.2 Å². The maximum atomic E-state index is 13.7. The molecule has 3 aromatic heterocycles. The molecular formula is C24H25FN8O2. The summed E-state index contributed by atoms with van der Waals surface area (Å²) in [5.41, 5.74) is 2.52. The summed E-state index contributed by atoms with van der Waals surface area (Å²) in [4.78, 5) is 36.9. The Morgan fingerprint density at radius 3 is 2.80 bits per heavy atom. The van der Waals surface area contributed by atoms with Crippen molar-refractivity contribution in [1.29, 1.82) is 0 Å². The van der Waals surface area contributed by atoms with Crippen molar-refractivity contribution in [3.8, 4) is 17.1 Å². The van der Waals surface area contributed by atoms with E-state index in [4.69, 9.17) is 9.72 Å². The number of alkyl halides is 1. The Morgan fingerprint density at radius 1 is 1.09 bits per heavy atom. The molecule has 2 saturated heterocycles. The number of anilines is 4. The van der Waals surface area contributed by atoms with Crippen LogP contribution in [0.3, 0.4) is 0 Å². The molecule has 2 amide bonds. The van der Waals surface area contributed by atoms with Gasteiger partial charge in [0.2, 0.25) is 5.88 Å². The van der Waals surface area contributed by atoms with Gasteiger partial charge in [0.1, 0.15) is 24.1 Å². The first-order valence-electron chi connectivity index (χ1n) is 11.7. The van der Waals surface area contributed by atoms with Crippen LogP contribution in [0.4, 0.5) is 32.3 Å². The molecule has 11 heteroatoms. The summed E-state index contributed by atoms with van der Waals surface area (Å²) in [6.45, 7) is 2.62. The molecule has 2 atom stereocenters. The number of fused-ring (bicyclic) bond motifs is 4. The van der Waals surface area contributed by atoms with Gasteiger partial charge in [0.05, 0.1) is 31.1 Å². The predicted octanol–water partition coefficient (Wildman–Crippen LogP) is 3.12. The van der Waals surface area contributed by atoms with E-state index < -0.39 is 6.17 Å². The molecule has 0 aromatic carbocycles. The van der Waals surface area contributed by atoms with Crippen LogP contribution in [-0.2, 0) is 0 Å². The van der Waals surface area contributed by atoms with Crippen LogP contribution in [0, 0.1) is 0 Å². The number of urea groups is 1. The number of halogens is 1. The normalized spacial score (nSPS) is 20.7. The molecule has 6 heterocycles. The molecule has 180 valence electrons. The Balaban J connectivity index is 1.33. The lowest BCUT2D eigenvalue weighted by atomic mass is 10.1. The third-order valence-electron chi connectivity index (χ3n) is 6.75. The van der Waals surface area contributed by atoms with Gasteiger partial charge >= 0.3 is 6.03 Å². The molecule has 1 N–H and O–H groups in total. The van der Waals surface area contributed by atoms with Crippen molar-refractivity contribution >= 4 is 29.2 Å². The second-order valence-corrected chi connectivity index (χ2v) is 8.91. The average molecular weight is 477 g/mol. The monoisotopic (exact) mass is 476 g/mol. The first-order chi connectivity index (χ1) is 17.1. The van der Waals surface area contributed by atoms with Gasteiger partial charge in [-0.15, -0.1) is 0 Å². The van der Waals surface area contributed by atoms with E-state index in [1.165, 1.54) is 13.4 Å². The molecule has 6 rings (SSSR count). The Bertz CT molecular complexity index is 1270. The topological polar surface area (TPSA) is 99.6 Å². The molecule has 2 fully saturated rings. The smallest absolute Gasteiger partial charge is 0.329 e. The van der Waals surface area contributed by atoms with Crippen molar-refractivity contribution < 1.29 is 13.9 Å². The van der Waals surface area contributed by atoms with Crippen LogP contribution in [0.25, 0.3) is 11.3 Å². The zero-order chi connectivity index (χ0) is 23.9. The quantitative estimate of drug-likeness (QED) is 0.613. The zero-order valence-electron chi connectivity index (χ0n) is 19.3. The summed E-state index contributed by atoms with van der Waals surface area (Å²) < 4.78 is 18.9.